The van der Waals surface area contributed by atoms with Gasteiger partial charge in [-0.25, -0.2) is 9.97 Å². The summed E-state index contributed by atoms with van der Waals surface area (Å²) in [6.45, 7) is 3.89. The van der Waals surface area contributed by atoms with Crippen molar-refractivity contribution in [2.75, 3.05) is 0 Å². The van der Waals surface area contributed by atoms with E-state index in [0.29, 0.717) is 0 Å². The van der Waals surface area contributed by atoms with Gasteiger partial charge in [-0.15, -0.1) is 11.6 Å². The molecule has 3 aromatic rings. The molecule has 0 bridgehead atoms. The Labute approximate surface area is 115 Å². The second kappa shape index (κ2) is 4.35. The van der Waals surface area contributed by atoms with E-state index in [1.165, 1.54) is 0 Å². The molecule has 6 heteroatoms. The van der Waals surface area contributed by atoms with Gasteiger partial charge in [-0.1, -0.05) is 0 Å². The normalized spacial score (nSPS) is 13.1. The molecule has 0 fully saturated rings. The van der Waals surface area contributed by atoms with Crippen molar-refractivity contribution in [3.05, 3.63) is 35.9 Å². The van der Waals surface area contributed by atoms with Gasteiger partial charge < -0.3 is 0 Å². The fraction of sp³-hybridized carbons (Fsp3) is 0.308. The number of rotatable bonds is 2. The van der Waals surface area contributed by atoms with Crippen LogP contribution in [-0.2, 0) is 7.05 Å². The summed E-state index contributed by atoms with van der Waals surface area (Å²) in [5, 5.41) is 4.20. The largest absolute Gasteiger partial charge is 0.274 e. The van der Waals surface area contributed by atoms with Crippen molar-refractivity contribution < 1.29 is 0 Å². The number of alkyl halides is 1. The molecule has 0 saturated heterocycles. The minimum Gasteiger partial charge on any atom is -0.274 e. The molecule has 0 radical (unpaired) electrons. The first-order valence-corrected chi connectivity index (χ1v) is 6.49. The van der Waals surface area contributed by atoms with Crippen LogP contribution in [0.3, 0.4) is 0 Å². The smallest absolute Gasteiger partial charge is 0.165 e. The maximum absolute atomic E-state index is 6.23. The van der Waals surface area contributed by atoms with Crippen molar-refractivity contribution in [1.82, 2.24) is 24.3 Å². The zero-order chi connectivity index (χ0) is 13.6. The number of aryl methyl sites for hydroxylation is 2. The molecule has 0 aliphatic carbocycles. The lowest BCUT2D eigenvalue weighted by atomic mass is 10.3. The molecule has 3 rings (SSSR count). The maximum atomic E-state index is 6.23. The Morgan fingerprint density at radius 2 is 2.16 bits per heavy atom. The predicted octanol–water partition coefficient (Wildman–Crippen LogP) is 2.76. The van der Waals surface area contributed by atoms with Crippen LogP contribution in [0.4, 0.5) is 0 Å². The summed E-state index contributed by atoms with van der Waals surface area (Å²) in [4.78, 5) is 9.04. The highest BCUT2D eigenvalue weighted by molar-refractivity contribution is 6.20. The first-order chi connectivity index (χ1) is 9.06. The molecule has 0 amide bonds. The summed E-state index contributed by atoms with van der Waals surface area (Å²) in [5.41, 5.74) is 2.70. The highest BCUT2D eigenvalue weighted by Crippen LogP contribution is 2.26. The average molecular weight is 276 g/mol. The van der Waals surface area contributed by atoms with E-state index in [-0.39, 0.29) is 5.38 Å². The van der Waals surface area contributed by atoms with E-state index in [1.807, 2.05) is 50.0 Å². The van der Waals surface area contributed by atoms with E-state index < -0.39 is 0 Å². The molecule has 0 aliphatic rings. The van der Waals surface area contributed by atoms with Crippen LogP contribution in [0.2, 0.25) is 0 Å². The third-order valence-corrected chi connectivity index (χ3v) is 3.14. The van der Waals surface area contributed by atoms with Crippen LogP contribution in [0.5, 0.6) is 0 Å². The van der Waals surface area contributed by atoms with Gasteiger partial charge in [-0.05, 0) is 25.5 Å². The molecule has 0 aromatic carbocycles. The molecule has 98 valence electrons. The summed E-state index contributed by atoms with van der Waals surface area (Å²) < 4.78 is 3.66. The zero-order valence-electron chi connectivity index (χ0n) is 11.0. The van der Waals surface area contributed by atoms with Crippen LogP contribution in [0.1, 0.15) is 23.7 Å². The Balaban J connectivity index is 2.34. The van der Waals surface area contributed by atoms with Crippen LogP contribution in [0.25, 0.3) is 17.0 Å². The van der Waals surface area contributed by atoms with Crippen LogP contribution in [0, 0.1) is 6.92 Å². The average Bonchev–Trinajstić information content (AvgIpc) is 2.91. The monoisotopic (exact) mass is 275 g/mol. The minimum atomic E-state index is -0.212. The standard InChI is InChI=1S/C13H14ClN5/c1-8-6-10-13(15-7-8)19(12(16-10)9(2)14)11-4-5-18(3)17-11/h4-7,9H,1-3H3. The molecule has 1 atom stereocenters. The Morgan fingerprint density at radius 3 is 2.79 bits per heavy atom. The molecule has 1 unspecified atom stereocenters. The molecule has 3 heterocycles. The number of fused-ring (bicyclic) bond motifs is 1. The van der Waals surface area contributed by atoms with Crippen LogP contribution in [0.15, 0.2) is 24.5 Å². The first kappa shape index (κ1) is 12.2. The van der Waals surface area contributed by atoms with Crippen molar-refractivity contribution >= 4 is 22.8 Å². The number of hydrogen-bond donors (Lipinski definition) is 0. The van der Waals surface area contributed by atoms with E-state index in [0.717, 1.165) is 28.4 Å². The summed E-state index contributed by atoms with van der Waals surface area (Å²) in [6, 6.07) is 3.93. The molecule has 0 aliphatic heterocycles. The number of aromatic nitrogens is 5. The van der Waals surface area contributed by atoms with Crippen molar-refractivity contribution in [2.24, 2.45) is 7.05 Å². The Hall–Kier alpha value is -1.88. The van der Waals surface area contributed by atoms with Crippen molar-refractivity contribution in [3.63, 3.8) is 0 Å². The summed E-state index contributed by atoms with van der Waals surface area (Å²) in [7, 11) is 1.88. The summed E-state index contributed by atoms with van der Waals surface area (Å²) in [6.07, 6.45) is 3.71. The number of nitrogens with zero attached hydrogens (tertiary/aromatic N) is 5. The highest BCUT2D eigenvalue weighted by Gasteiger charge is 2.18. The molecule has 19 heavy (non-hydrogen) atoms. The van der Waals surface area contributed by atoms with Gasteiger partial charge in [0.05, 0.1) is 5.38 Å². The summed E-state index contributed by atoms with van der Waals surface area (Å²) >= 11 is 6.23. The van der Waals surface area contributed by atoms with E-state index >= 15 is 0 Å². The Kier molecular flexibility index (Phi) is 2.78. The van der Waals surface area contributed by atoms with Crippen molar-refractivity contribution in [1.29, 1.82) is 0 Å². The van der Waals surface area contributed by atoms with Crippen LogP contribution in [-0.4, -0.2) is 24.3 Å². The third kappa shape index (κ3) is 2.00. The number of halogens is 1. The fourth-order valence-electron chi connectivity index (χ4n) is 2.10. The second-order valence-corrected chi connectivity index (χ2v) is 5.28. The highest BCUT2D eigenvalue weighted by atomic mass is 35.5. The van der Waals surface area contributed by atoms with Gasteiger partial charge in [0, 0.05) is 25.5 Å². The molecular formula is C13H14ClN5. The lowest BCUT2D eigenvalue weighted by molar-refractivity contribution is 0.742. The fourth-order valence-corrected chi connectivity index (χ4v) is 2.24. The molecule has 0 spiro atoms. The van der Waals surface area contributed by atoms with Crippen LogP contribution >= 0.6 is 11.6 Å². The number of pyridine rings is 1. The van der Waals surface area contributed by atoms with Gasteiger partial charge in [0.15, 0.2) is 11.5 Å². The molecular weight excluding hydrogens is 262 g/mol. The number of imidazole rings is 1. The van der Waals surface area contributed by atoms with Gasteiger partial charge in [0.2, 0.25) is 0 Å². The molecule has 3 aromatic heterocycles. The van der Waals surface area contributed by atoms with Crippen molar-refractivity contribution in [3.8, 4) is 5.82 Å². The first-order valence-electron chi connectivity index (χ1n) is 6.05. The van der Waals surface area contributed by atoms with Crippen molar-refractivity contribution in [2.45, 2.75) is 19.2 Å². The molecule has 0 saturated carbocycles. The van der Waals surface area contributed by atoms with Crippen LogP contribution < -0.4 is 0 Å². The molecule has 0 N–H and O–H groups in total. The maximum Gasteiger partial charge on any atom is 0.165 e. The SMILES string of the molecule is Cc1cnc2c(c1)nc(C(C)Cl)n2-c1ccn(C)n1. The van der Waals surface area contributed by atoms with E-state index in [4.69, 9.17) is 11.6 Å². The lowest BCUT2D eigenvalue weighted by Gasteiger charge is -2.06. The zero-order valence-corrected chi connectivity index (χ0v) is 11.8. The van der Waals surface area contributed by atoms with Gasteiger partial charge in [0.1, 0.15) is 11.3 Å². The number of hydrogen-bond acceptors (Lipinski definition) is 3. The van der Waals surface area contributed by atoms with Gasteiger partial charge >= 0.3 is 0 Å². The minimum absolute atomic E-state index is 0.212. The van der Waals surface area contributed by atoms with Gasteiger partial charge in [-0.2, -0.15) is 5.10 Å². The second-order valence-electron chi connectivity index (χ2n) is 4.62. The predicted molar refractivity (Wildman–Crippen MR) is 74.6 cm³/mol. The Morgan fingerprint density at radius 1 is 1.37 bits per heavy atom. The summed E-state index contributed by atoms with van der Waals surface area (Å²) in [5.74, 6) is 1.54. The topological polar surface area (TPSA) is 48.5 Å². The molecule has 5 nitrogen and oxygen atoms in total. The van der Waals surface area contributed by atoms with Gasteiger partial charge in [-0.3, -0.25) is 9.25 Å². The van der Waals surface area contributed by atoms with E-state index in [1.54, 1.807) is 4.68 Å². The van der Waals surface area contributed by atoms with E-state index in [2.05, 4.69) is 15.1 Å². The van der Waals surface area contributed by atoms with Gasteiger partial charge in [0.25, 0.3) is 0 Å². The Bertz CT molecular complexity index is 741. The third-order valence-electron chi connectivity index (χ3n) is 2.94. The lowest BCUT2D eigenvalue weighted by Crippen LogP contribution is -2.04. The quantitative estimate of drug-likeness (QED) is 0.676. The van der Waals surface area contributed by atoms with E-state index in [9.17, 15) is 0 Å².